The Hall–Kier alpha value is -2.12. The summed E-state index contributed by atoms with van der Waals surface area (Å²) in [6, 6.07) is 5.39. The van der Waals surface area contributed by atoms with Crippen LogP contribution < -0.4 is 9.47 Å². The Balaban J connectivity index is 1.54. The summed E-state index contributed by atoms with van der Waals surface area (Å²) in [5, 5.41) is 1.92. The first-order valence-corrected chi connectivity index (χ1v) is 10.2. The van der Waals surface area contributed by atoms with Crippen LogP contribution in [0.25, 0.3) is 10.2 Å². The van der Waals surface area contributed by atoms with E-state index in [4.69, 9.17) is 9.47 Å². The van der Waals surface area contributed by atoms with Gasteiger partial charge >= 0.3 is 0 Å². The molecule has 2 aromatic heterocycles. The molecule has 1 aliphatic rings. The second kappa shape index (κ2) is 7.25. The van der Waals surface area contributed by atoms with E-state index in [9.17, 15) is 4.79 Å². The fourth-order valence-electron chi connectivity index (χ4n) is 2.81. The molecule has 1 aliphatic heterocycles. The Morgan fingerprint density at radius 3 is 2.85 bits per heavy atom. The van der Waals surface area contributed by atoms with E-state index in [1.807, 2.05) is 6.07 Å². The van der Waals surface area contributed by atoms with Gasteiger partial charge in [0.15, 0.2) is 17.3 Å². The maximum absolute atomic E-state index is 12.7. The standard InChI is InChI=1S/C19H18N2O3S2/c1-11-12(2)26-19-17(11)18(20-10-21-19)25-9-14(22)13-4-5-15-16(8-13)24-7-3-6-23-15/h4-5,8,10H,3,6-7,9H2,1-2H3. The first-order valence-electron chi connectivity index (χ1n) is 8.40. The molecule has 0 aliphatic carbocycles. The number of thioether (sulfide) groups is 1. The van der Waals surface area contributed by atoms with E-state index in [0.29, 0.717) is 36.0 Å². The van der Waals surface area contributed by atoms with Crippen molar-refractivity contribution in [3.63, 3.8) is 0 Å². The zero-order valence-corrected chi connectivity index (χ0v) is 16.2. The summed E-state index contributed by atoms with van der Waals surface area (Å²) in [6.07, 6.45) is 2.41. The van der Waals surface area contributed by atoms with Gasteiger partial charge in [-0.25, -0.2) is 9.97 Å². The molecule has 1 aromatic carbocycles. The number of hydrogen-bond acceptors (Lipinski definition) is 7. The third-order valence-corrected chi connectivity index (χ3v) is 6.44. The van der Waals surface area contributed by atoms with Gasteiger partial charge in [0.05, 0.1) is 19.0 Å². The fourth-order valence-corrected chi connectivity index (χ4v) is 4.83. The van der Waals surface area contributed by atoms with E-state index >= 15 is 0 Å². The van der Waals surface area contributed by atoms with Crippen molar-refractivity contribution >= 4 is 39.1 Å². The first-order chi connectivity index (χ1) is 12.6. The highest BCUT2D eigenvalue weighted by molar-refractivity contribution is 8.00. The minimum Gasteiger partial charge on any atom is -0.490 e. The lowest BCUT2D eigenvalue weighted by Gasteiger charge is -2.09. The van der Waals surface area contributed by atoms with Crippen LogP contribution in [0.4, 0.5) is 0 Å². The van der Waals surface area contributed by atoms with Gasteiger partial charge in [-0.1, -0.05) is 11.8 Å². The molecule has 5 nitrogen and oxygen atoms in total. The molecule has 0 bridgehead atoms. The third kappa shape index (κ3) is 3.29. The van der Waals surface area contributed by atoms with Crippen LogP contribution in [0, 0.1) is 13.8 Å². The number of aromatic nitrogens is 2. The highest BCUT2D eigenvalue weighted by atomic mass is 32.2. The topological polar surface area (TPSA) is 61.3 Å². The Morgan fingerprint density at radius 2 is 2.00 bits per heavy atom. The summed E-state index contributed by atoms with van der Waals surface area (Å²) in [7, 11) is 0. The lowest BCUT2D eigenvalue weighted by atomic mass is 10.1. The van der Waals surface area contributed by atoms with Crippen molar-refractivity contribution in [2.75, 3.05) is 19.0 Å². The third-order valence-electron chi connectivity index (χ3n) is 4.34. The Morgan fingerprint density at radius 1 is 1.19 bits per heavy atom. The molecule has 0 fully saturated rings. The van der Waals surface area contributed by atoms with Crippen molar-refractivity contribution in [3.8, 4) is 11.5 Å². The molecule has 0 unspecified atom stereocenters. The molecule has 0 saturated heterocycles. The molecule has 0 radical (unpaired) electrons. The summed E-state index contributed by atoms with van der Waals surface area (Å²) < 4.78 is 11.3. The molecule has 0 amide bonds. The summed E-state index contributed by atoms with van der Waals surface area (Å²) in [5.41, 5.74) is 1.82. The summed E-state index contributed by atoms with van der Waals surface area (Å²) in [6.45, 7) is 5.40. The largest absolute Gasteiger partial charge is 0.490 e. The van der Waals surface area contributed by atoms with Crippen LogP contribution in [-0.4, -0.2) is 34.7 Å². The lowest BCUT2D eigenvalue weighted by Crippen LogP contribution is -2.04. The number of fused-ring (bicyclic) bond motifs is 2. The van der Waals surface area contributed by atoms with E-state index in [1.165, 1.54) is 22.2 Å². The maximum atomic E-state index is 12.7. The summed E-state index contributed by atoms with van der Waals surface area (Å²) >= 11 is 3.12. The zero-order chi connectivity index (χ0) is 18.1. The highest BCUT2D eigenvalue weighted by Crippen LogP contribution is 2.35. The molecule has 7 heteroatoms. The number of ether oxygens (including phenoxy) is 2. The number of aryl methyl sites for hydroxylation is 2. The monoisotopic (exact) mass is 386 g/mol. The normalized spacial score (nSPS) is 13.6. The SMILES string of the molecule is Cc1sc2ncnc(SCC(=O)c3ccc4c(c3)OCCCO4)c2c1C. The van der Waals surface area contributed by atoms with Crippen LogP contribution in [-0.2, 0) is 0 Å². The van der Waals surface area contributed by atoms with Crippen LogP contribution >= 0.6 is 23.1 Å². The van der Waals surface area contributed by atoms with Gasteiger partial charge in [-0.3, -0.25) is 4.79 Å². The van der Waals surface area contributed by atoms with Crippen LogP contribution in [0.2, 0.25) is 0 Å². The van der Waals surface area contributed by atoms with Gasteiger partial charge < -0.3 is 9.47 Å². The second-order valence-electron chi connectivity index (χ2n) is 6.07. The van der Waals surface area contributed by atoms with E-state index in [-0.39, 0.29) is 5.78 Å². The number of carbonyl (C=O) groups is 1. The number of ketones is 1. The number of rotatable bonds is 4. The molecular formula is C19H18N2O3S2. The number of hydrogen-bond donors (Lipinski definition) is 0. The van der Waals surface area contributed by atoms with Crippen LogP contribution in [0.5, 0.6) is 11.5 Å². The van der Waals surface area contributed by atoms with Crippen molar-refractivity contribution in [1.82, 2.24) is 9.97 Å². The molecule has 26 heavy (non-hydrogen) atoms. The minimum atomic E-state index is 0.0435. The summed E-state index contributed by atoms with van der Waals surface area (Å²) in [5.74, 6) is 1.71. The van der Waals surface area contributed by atoms with E-state index < -0.39 is 0 Å². The quantitative estimate of drug-likeness (QED) is 0.375. The Bertz CT molecular complexity index is 984. The van der Waals surface area contributed by atoms with Crippen molar-refractivity contribution in [2.45, 2.75) is 25.3 Å². The predicted octanol–water partition coefficient (Wildman–Crippen LogP) is 4.44. The Labute approximate surface area is 159 Å². The molecule has 134 valence electrons. The van der Waals surface area contributed by atoms with Crippen molar-refractivity contribution in [3.05, 3.63) is 40.5 Å². The highest BCUT2D eigenvalue weighted by Gasteiger charge is 2.17. The number of benzene rings is 1. The number of Topliss-reactive ketones (excluding diaryl/α,β-unsaturated/α-hetero) is 1. The predicted molar refractivity (Wildman–Crippen MR) is 104 cm³/mol. The van der Waals surface area contributed by atoms with Crippen LogP contribution in [0.3, 0.4) is 0 Å². The van der Waals surface area contributed by atoms with Gasteiger partial charge in [-0.15, -0.1) is 11.3 Å². The van der Waals surface area contributed by atoms with Gasteiger partial charge in [0.2, 0.25) is 0 Å². The van der Waals surface area contributed by atoms with Gasteiger partial charge in [0.1, 0.15) is 16.2 Å². The average molecular weight is 386 g/mol. The van der Waals surface area contributed by atoms with E-state index in [2.05, 4.69) is 23.8 Å². The molecule has 3 heterocycles. The molecule has 3 aromatic rings. The van der Waals surface area contributed by atoms with E-state index in [1.54, 1.807) is 29.8 Å². The number of carbonyl (C=O) groups excluding carboxylic acids is 1. The zero-order valence-electron chi connectivity index (χ0n) is 14.6. The lowest BCUT2D eigenvalue weighted by molar-refractivity contribution is 0.102. The van der Waals surface area contributed by atoms with Crippen LogP contribution in [0.15, 0.2) is 29.6 Å². The number of thiophene rings is 1. The number of nitrogens with zero attached hydrogens (tertiary/aromatic N) is 2. The van der Waals surface area contributed by atoms with Crippen molar-refractivity contribution in [2.24, 2.45) is 0 Å². The minimum absolute atomic E-state index is 0.0435. The van der Waals surface area contributed by atoms with Crippen molar-refractivity contribution < 1.29 is 14.3 Å². The van der Waals surface area contributed by atoms with Gasteiger partial charge in [0, 0.05) is 22.2 Å². The smallest absolute Gasteiger partial charge is 0.173 e. The van der Waals surface area contributed by atoms with Gasteiger partial charge in [-0.05, 0) is 37.6 Å². The molecular weight excluding hydrogens is 368 g/mol. The Kier molecular flexibility index (Phi) is 4.82. The first kappa shape index (κ1) is 17.3. The molecule has 0 atom stereocenters. The molecule has 0 spiro atoms. The van der Waals surface area contributed by atoms with Gasteiger partial charge in [0.25, 0.3) is 0 Å². The average Bonchev–Trinajstić information content (AvgIpc) is 2.83. The van der Waals surface area contributed by atoms with Gasteiger partial charge in [-0.2, -0.15) is 0 Å². The maximum Gasteiger partial charge on any atom is 0.173 e. The summed E-state index contributed by atoms with van der Waals surface area (Å²) in [4.78, 5) is 23.6. The molecule has 0 N–H and O–H groups in total. The molecule has 4 rings (SSSR count). The van der Waals surface area contributed by atoms with E-state index in [0.717, 1.165) is 21.7 Å². The van der Waals surface area contributed by atoms with Crippen molar-refractivity contribution in [1.29, 1.82) is 0 Å². The molecule has 0 saturated carbocycles. The fraction of sp³-hybridized carbons (Fsp3) is 0.316. The second-order valence-corrected chi connectivity index (χ2v) is 8.23. The van der Waals surface area contributed by atoms with Crippen LogP contribution in [0.1, 0.15) is 27.2 Å².